The molecule has 2 rings (SSSR count). The first kappa shape index (κ1) is 20.2. The molecule has 0 amide bonds. The molecule has 0 aliphatic carbocycles. The maximum Gasteiger partial charge on any atom is 0.311 e. The predicted octanol–water partition coefficient (Wildman–Crippen LogP) is 4.56. The van der Waals surface area contributed by atoms with Crippen molar-refractivity contribution in [2.45, 2.75) is 34.1 Å². The van der Waals surface area contributed by atoms with Crippen LogP contribution in [-0.4, -0.2) is 26.4 Å². The molecule has 0 aromatic heterocycles. The summed E-state index contributed by atoms with van der Waals surface area (Å²) in [6.07, 6.45) is 3.38. The molecule has 2 aromatic carbocycles. The van der Waals surface area contributed by atoms with Crippen molar-refractivity contribution in [3.63, 3.8) is 0 Å². The van der Waals surface area contributed by atoms with Crippen LogP contribution >= 0.6 is 0 Å². The number of fused-ring (bicyclic) bond motifs is 1. The van der Waals surface area contributed by atoms with E-state index in [1.807, 2.05) is 27.7 Å². The van der Waals surface area contributed by atoms with E-state index in [9.17, 15) is 25.2 Å². The van der Waals surface area contributed by atoms with E-state index in [1.165, 1.54) is 24.3 Å². The van der Waals surface area contributed by atoms with Gasteiger partial charge in [0.1, 0.15) is 28.8 Å². The first-order valence-corrected chi connectivity index (χ1v) is 8.57. The van der Waals surface area contributed by atoms with Crippen LogP contribution in [0.3, 0.4) is 0 Å². The number of phenols is 4. The van der Waals surface area contributed by atoms with Gasteiger partial charge in [0.25, 0.3) is 0 Å². The molecule has 0 spiro atoms. The molecule has 0 saturated heterocycles. The fourth-order valence-corrected chi connectivity index (χ4v) is 2.60. The van der Waals surface area contributed by atoms with Crippen LogP contribution in [0, 0.1) is 5.92 Å². The summed E-state index contributed by atoms with van der Waals surface area (Å²) in [4.78, 5) is 12.1. The Morgan fingerprint density at radius 1 is 1.00 bits per heavy atom. The molecule has 0 radical (unpaired) electrons. The van der Waals surface area contributed by atoms with Crippen molar-refractivity contribution in [3.05, 3.63) is 41.5 Å². The quantitative estimate of drug-likeness (QED) is 0.265. The van der Waals surface area contributed by atoms with Crippen LogP contribution in [0.5, 0.6) is 23.0 Å². The summed E-state index contributed by atoms with van der Waals surface area (Å²) < 4.78 is 5.41. The van der Waals surface area contributed by atoms with E-state index in [-0.39, 0.29) is 51.7 Å². The topological polar surface area (TPSA) is 107 Å². The van der Waals surface area contributed by atoms with Gasteiger partial charge < -0.3 is 25.2 Å². The van der Waals surface area contributed by atoms with E-state index in [0.29, 0.717) is 0 Å². The minimum Gasteiger partial charge on any atom is -0.507 e. The molecule has 0 saturated carbocycles. The highest BCUT2D eigenvalue weighted by atomic mass is 16.5. The highest BCUT2D eigenvalue weighted by Gasteiger charge is 2.22. The maximum atomic E-state index is 12.1. The second kappa shape index (κ2) is 8.03. The maximum absolute atomic E-state index is 12.1. The Hall–Kier alpha value is -3.15. The van der Waals surface area contributed by atoms with Crippen molar-refractivity contribution >= 4 is 22.5 Å². The number of allylic oxidation sites excluding steroid dienone is 3. The van der Waals surface area contributed by atoms with Crippen molar-refractivity contribution in [3.8, 4) is 23.0 Å². The zero-order valence-corrected chi connectivity index (χ0v) is 15.8. The Kier molecular flexibility index (Phi) is 6.00. The second-order valence-corrected chi connectivity index (χ2v) is 6.99. The lowest BCUT2D eigenvalue weighted by molar-refractivity contribution is -0.137. The van der Waals surface area contributed by atoms with Crippen LogP contribution < -0.4 is 0 Å². The number of ether oxygens (including phenoxy) is 1. The molecule has 0 fully saturated rings. The molecule has 6 heteroatoms. The van der Waals surface area contributed by atoms with Gasteiger partial charge in [-0.3, -0.25) is 4.79 Å². The third-order valence-corrected chi connectivity index (χ3v) is 3.82. The third-order valence-electron chi connectivity index (χ3n) is 3.82. The van der Waals surface area contributed by atoms with Gasteiger partial charge in [-0.15, -0.1) is 0 Å². The third kappa shape index (κ3) is 4.53. The number of benzene rings is 2. The molecule has 0 atom stereocenters. The minimum absolute atomic E-state index is 0.0236. The van der Waals surface area contributed by atoms with Crippen molar-refractivity contribution in [2.75, 3.05) is 0 Å². The fourth-order valence-electron chi connectivity index (χ4n) is 2.60. The summed E-state index contributed by atoms with van der Waals surface area (Å²) in [5.41, 5.74) is 0.952. The van der Waals surface area contributed by atoms with Gasteiger partial charge >= 0.3 is 5.97 Å². The number of esters is 1. The van der Waals surface area contributed by atoms with E-state index >= 15 is 0 Å². The van der Waals surface area contributed by atoms with E-state index in [4.69, 9.17) is 4.74 Å². The van der Waals surface area contributed by atoms with Gasteiger partial charge in [0, 0.05) is 6.42 Å². The van der Waals surface area contributed by atoms with Crippen LogP contribution in [0.25, 0.3) is 16.5 Å². The van der Waals surface area contributed by atoms with Gasteiger partial charge in [0.05, 0.1) is 16.3 Å². The summed E-state index contributed by atoms with van der Waals surface area (Å²) in [7, 11) is 0. The molecule has 6 nitrogen and oxygen atoms in total. The van der Waals surface area contributed by atoms with Crippen molar-refractivity contribution in [1.29, 1.82) is 0 Å². The molecule has 0 aliphatic rings. The molecule has 144 valence electrons. The van der Waals surface area contributed by atoms with Crippen LogP contribution in [0.4, 0.5) is 0 Å². The summed E-state index contributed by atoms with van der Waals surface area (Å²) in [5, 5.41) is 40.8. The van der Waals surface area contributed by atoms with E-state index in [0.717, 1.165) is 5.57 Å². The summed E-state index contributed by atoms with van der Waals surface area (Å²) in [6, 6.07) is 3.59. The van der Waals surface area contributed by atoms with Crippen molar-refractivity contribution in [2.24, 2.45) is 5.92 Å². The zero-order valence-electron chi connectivity index (χ0n) is 15.8. The van der Waals surface area contributed by atoms with Crippen molar-refractivity contribution < 1.29 is 30.0 Å². The normalized spacial score (nSPS) is 11.7. The Labute approximate surface area is 157 Å². The lowest BCUT2D eigenvalue weighted by atomic mass is 10.0. The monoisotopic (exact) mass is 372 g/mol. The van der Waals surface area contributed by atoms with Gasteiger partial charge in [-0.2, -0.15) is 0 Å². The Balaban J connectivity index is 2.69. The number of aromatic hydroxyl groups is 4. The van der Waals surface area contributed by atoms with E-state index in [2.05, 4.69) is 0 Å². The summed E-state index contributed by atoms with van der Waals surface area (Å²) >= 11 is 0. The number of carbonyl (C=O) groups excluding carboxylic acids is 1. The van der Waals surface area contributed by atoms with Crippen LogP contribution in [0.2, 0.25) is 0 Å². The average molecular weight is 372 g/mol. The lowest BCUT2D eigenvalue weighted by Crippen LogP contribution is -2.07. The first-order chi connectivity index (χ1) is 12.6. The smallest absolute Gasteiger partial charge is 0.311 e. The molecule has 2 aromatic rings. The largest absolute Gasteiger partial charge is 0.507 e. The minimum atomic E-state index is -0.488. The van der Waals surface area contributed by atoms with Crippen LogP contribution in [0.1, 0.15) is 39.7 Å². The zero-order chi connectivity index (χ0) is 20.3. The number of carbonyl (C=O) groups is 1. The molecule has 0 aliphatic heterocycles. The SMILES string of the molecule is CC(C)=C/C=C(\OC(=O)CC(C)C)c1cc(O)c2c(O)ccc(O)c2c1O. The van der Waals surface area contributed by atoms with E-state index in [1.54, 1.807) is 6.08 Å². The van der Waals surface area contributed by atoms with E-state index < -0.39 is 11.7 Å². The summed E-state index contributed by atoms with van der Waals surface area (Å²) in [5.74, 6) is -1.78. The van der Waals surface area contributed by atoms with Crippen LogP contribution in [0.15, 0.2) is 35.9 Å². The Bertz CT molecular complexity index is 934. The molecule has 27 heavy (non-hydrogen) atoms. The molecule has 0 unspecified atom stereocenters. The fraction of sp³-hybridized carbons (Fsp3) is 0.286. The van der Waals surface area contributed by atoms with Gasteiger partial charge in [0.15, 0.2) is 0 Å². The molecule has 0 bridgehead atoms. The first-order valence-electron chi connectivity index (χ1n) is 8.57. The average Bonchev–Trinajstić information content (AvgIpc) is 2.56. The van der Waals surface area contributed by atoms with Gasteiger partial charge in [-0.1, -0.05) is 25.5 Å². The summed E-state index contributed by atoms with van der Waals surface area (Å²) in [6.45, 7) is 7.46. The van der Waals surface area contributed by atoms with Crippen molar-refractivity contribution in [1.82, 2.24) is 0 Å². The number of hydrogen-bond donors (Lipinski definition) is 4. The Morgan fingerprint density at radius 2 is 1.59 bits per heavy atom. The van der Waals surface area contributed by atoms with Gasteiger partial charge in [-0.25, -0.2) is 0 Å². The molecular formula is C21H24O6. The number of hydrogen-bond acceptors (Lipinski definition) is 6. The molecule has 0 heterocycles. The lowest BCUT2D eigenvalue weighted by Gasteiger charge is -2.15. The molecular weight excluding hydrogens is 348 g/mol. The Morgan fingerprint density at radius 3 is 2.15 bits per heavy atom. The highest BCUT2D eigenvalue weighted by molar-refractivity contribution is 6.04. The van der Waals surface area contributed by atoms with Crippen LogP contribution in [-0.2, 0) is 9.53 Å². The second-order valence-electron chi connectivity index (χ2n) is 6.99. The highest BCUT2D eigenvalue weighted by Crippen LogP contribution is 2.46. The number of rotatable bonds is 5. The molecule has 4 N–H and O–H groups in total. The van der Waals surface area contributed by atoms with Gasteiger partial charge in [-0.05, 0) is 44.0 Å². The standard InChI is InChI=1S/C21H24O6/c1-11(2)5-8-17(27-18(25)9-12(3)4)13-10-16(24)19-14(22)6-7-15(23)20(19)21(13)26/h5-8,10,12,22-24,26H,9H2,1-4H3/b17-8-. The number of phenolic OH excluding ortho intramolecular Hbond substituents is 4. The van der Waals surface area contributed by atoms with Gasteiger partial charge in [0.2, 0.25) is 0 Å². The predicted molar refractivity (Wildman–Crippen MR) is 104 cm³/mol.